The molecule has 0 radical (unpaired) electrons. The molecule has 1 heterocycles. The van der Waals surface area contributed by atoms with Crippen molar-refractivity contribution in [2.75, 3.05) is 11.9 Å². The van der Waals surface area contributed by atoms with Crippen molar-refractivity contribution in [3.05, 3.63) is 29.3 Å². The first-order chi connectivity index (χ1) is 8.04. The molecule has 2 atom stereocenters. The van der Waals surface area contributed by atoms with Gasteiger partial charge in [0.25, 0.3) is 0 Å². The molecule has 2 rings (SSSR count). The molecule has 2 unspecified atom stereocenters. The van der Waals surface area contributed by atoms with Gasteiger partial charge in [0, 0.05) is 23.8 Å². The van der Waals surface area contributed by atoms with Crippen molar-refractivity contribution >= 4 is 5.69 Å². The molecule has 2 nitrogen and oxygen atoms in total. The van der Waals surface area contributed by atoms with Crippen molar-refractivity contribution in [1.82, 2.24) is 5.32 Å². The van der Waals surface area contributed by atoms with Crippen molar-refractivity contribution in [2.24, 2.45) is 0 Å². The molecule has 0 aromatic heterocycles. The number of anilines is 1. The Labute approximate surface area is 105 Å². The Morgan fingerprint density at radius 1 is 1.29 bits per heavy atom. The highest BCUT2D eigenvalue weighted by molar-refractivity contribution is 5.61. The highest BCUT2D eigenvalue weighted by Crippen LogP contribution is 2.35. The molecule has 0 fully saturated rings. The largest absolute Gasteiger partial charge is 0.366 e. The van der Waals surface area contributed by atoms with Crippen molar-refractivity contribution in [3.8, 4) is 0 Å². The molecule has 1 aliphatic rings. The molecule has 0 bridgehead atoms. The number of hydrogen-bond donors (Lipinski definition) is 1. The van der Waals surface area contributed by atoms with Crippen LogP contribution in [0, 0.1) is 0 Å². The van der Waals surface area contributed by atoms with Gasteiger partial charge in [-0.25, -0.2) is 0 Å². The van der Waals surface area contributed by atoms with Crippen LogP contribution in [0.1, 0.15) is 44.9 Å². The van der Waals surface area contributed by atoms with Gasteiger partial charge in [-0.3, -0.25) is 0 Å². The fourth-order valence-electron chi connectivity index (χ4n) is 2.87. The van der Waals surface area contributed by atoms with Crippen molar-refractivity contribution < 1.29 is 0 Å². The smallest absolute Gasteiger partial charge is 0.0407 e. The minimum atomic E-state index is 0.421. The predicted octanol–water partition coefficient (Wildman–Crippen LogP) is 3.13. The van der Waals surface area contributed by atoms with Crippen LogP contribution in [0.15, 0.2) is 18.2 Å². The van der Waals surface area contributed by atoms with Gasteiger partial charge >= 0.3 is 0 Å². The Morgan fingerprint density at radius 2 is 2.00 bits per heavy atom. The van der Waals surface area contributed by atoms with E-state index in [0.29, 0.717) is 18.1 Å². The zero-order chi connectivity index (χ0) is 12.6. The molecule has 94 valence electrons. The van der Waals surface area contributed by atoms with Crippen LogP contribution in [-0.2, 0) is 6.42 Å². The predicted molar refractivity (Wildman–Crippen MR) is 74.7 cm³/mol. The van der Waals surface area contributed by atoms with Gasteiger partial charge in [0.1, 0.15) is 0 Å². The lowest BCUT2D eigenvalue weighted by atomic mass is 10.0. The van der Waals surface area contributed by atoms with Crippen molar-refractivity contribution in [2.45, 2.75) is 52.2 Å². The number of rotatable bonds is 3. The standard InChI is InChI=1S/C15H24N2/c1-10(2)17-11(3)8-14-7-6-13(9-15(14)17)12(4)16-5/h6-7,9-12,16H,8H2,1-5H3. The van der Waals surface area contributed by atoms with Gasteiger partial charge in [0.05, 0.1) is 0 Å². The van der Waals surface area contributed by atoms with E-state index in [-0.39, 0.29) is 0 Å². The Morgan fingerprint density at radius 3 is 2.59 bits per heavy atom. The fraction of sp³-hybridized carbons (Fsp3) is 0.600. The molecule has 17 heavy (non-hydrogen) atoms. The fourth-order valence-corrected chi connectivity index (χ4v) is 2.87. The van der Waals surface area contributed by atoms with Crippen LogP contribution in [0.2, 0.25) is 0 Å². The third-order valence-electron chi connectivity index (χ3n) is 3.87. The van der Waals surface area contributed by atoms with Crippen LogP contribution in [-0.4, -0.2) is 19.1 Å². The van der Waals surface area contributed by atoms with E-state index in [9.17, 15) is 0 Å². The second-order valence-corrected chi connectivity index (χ2v) is 5.45. The highest BCUT2D eigenvalue weighted by atomic mass is 15.2. The van der Waals surface area contributed by atoms with E-state index in [4.69, 9.17) is 0 Å². The summed E-state index contributed by atoms with van der Waals surface area (Å²) in [6.45, 7) is 9.08. The molecule has 0 saturated carbocycles. The molecule has 0 aliphatic carbocycles. The summed E-state index contributed by atoms with van der Waals surface area (Å²) in [7, 11) is 2.01. The summed E-state index contributed by atoms with van der Waals surface area (Å²) in [4.78, 5) is 2.54. The molecular formula is C15H24N2. The molecule has 2 heteroatoms. The van der Waals surface area contributed by atoms with Crippen LogP contribution in [0.3, 0.4) is 0 Å². The van der Waals surface area contributed by atoms with Gasteiger partial charge in [0.15, 0.2) is 0 Å². The molecular weight excluding hydrogens is 208 g/mol. The summed E-state index contributed by atoms with van der Waals surface area (Å²) in [5.41, 5.74) is 4.32. The van der Waals surface area contributed by atoms with Gasteiger partial charge in [-0.15, -0.1) is 0 Å². The van der Waals surface area contributed by atoms with E-state index in [2.05, 4.69) is 56.1 Å². The summed E-state index contributed by atoms with van der Waals surface area (Å²) in [5, 5.41) is 3.31. The quantitative estimate of drug-likeness (QED) is 0.861. The zero-order valence-corrected chi connectivity index (χ0v) is 11.6. The Bertz CT molecular complexity index is 398. The third kappa shape index (κ3) is 2.19. The Hall–Kier alpha value is -1.02. The number of fused-ring (bicyclic) bond motifs is 1. The molecule has 0 amide bonds. The van der Waals surface area contributed by atoms with Crippen molar-refractivity contribution in [3.63, 3.8) is 0 Å². The van der Waals surface area contributed by atoms with Crippen LogP contribution in [0.5, 0.6) is 0 Å². The summed E-state index contributed by atoms with van der Waals surface area (Å²) >= 11 is 0. The SMILES string of the molecule is CNC(C)c1ccc2c(c1)N(C(C)C)C(C)C2. The monoisotopic (exact) mass is 232 g/mol. The minimum Gasteiger partial charge on any atom is -0.366 e. The summed E-state index contributed by atoms with van der Waals surface area (Å²) in [5.74, 6) is 0. The first kappa shape index (κ1) is 12.4. The van der Waals surface area contributed by atoms with Crippen LogP contribution < -0.4 is 10.2 Å². The maximum Gasteiger partial charge on any atom is 0.0407 e. The van der Waals surface area contributed by atoms with Gasteiger partial charge in [-0.2, -0.15) is 0 Å². The second kappa shape index (κ2) is 4.69. The lowest BCUT2D eigenvalue weighted by Gasteiger charge is -2.29. The summed E-state index contributed by atoms with van der Waals surface area (Å²) in [6.07, 6.45) is 1.18. The first-order valence-electron chi connectivity index (χ1n) is 6.63. The lowest BCUT2D eigenvalue weighted by Crippen LogP contribution is -2.35. The summed E-state index contributed by atoms with van der Waals surface area (Å²) < 4.78 is 0. The number of nitrogens with one attached hydrogen (secondary N) is 1. The van der Waals surface area contributed by atoms with Gasteiger partial charge in [0.2, 0.25) is 0 Å². The first-order valence-corrected chi connectivity index (χ1v) is 6.63. The summed E-state index contributed by atoms with van der Waals surface area (Å²) in [6, 6.07) is 8.55. The van der Waals surface area contributed by atoms with E-state index in [1.54, 1.807) is 0 Å². The van der Waals surface area contributed by atoms with Crippen LogP contribution in [0.25, 0.3) is 0 Å². The average Bonchev–Trinajstić information content (AvgIpc) is 2.62. The second-order valence-electron chi connectivity index (χ2n) is 5.45. The molecule has 1 N–H and O–H groups in total. The average molecular weight is 232 g/mol. The van der Waals surface area contributed by atoms with E-state index in [1.807, 2.05) is 7.05 Å². The number of nitrogens with zero attached hydrogens (tertiary/aromatic N) is 1. The van der Waals surface area contributed by atoms with Crippen molar-refractivity contribution in [1.29, 1.82) is 0 Å². The van der Waals surface area contributed by atoms with Crippen LogP contribution >= 0.6 is 0 Å². The van der Waals surface area contributed by atoms with Gasteiger partial charge in [-0.1, -0.05) is 12.1 Å². The molecule has 1 aromatic rings. The maximum atomic E-state index is 3.31. The van der Waals surface area contributed by atoms with E-state index < -0.39 is 0 Å². The normalized spacial score (nSPS) is 20.8. The number of benzene rings is 1. The molecule has 0 spiro atoms. The van der Waals surface area contributed by atoms with E-state index in [1.165, 1.54) is 23.2 Å². The van der Waals surface area contributed by atoms with E-state index in [0.717, 1.165) is 0 Å². The highest BCUT2D eigenvalue weighted by Gasteiger charge is 2.28. The van der Waals surface area contributed by atoms with Gasteiger partial charge in [-0.05, 0) is 58.4 Å². The third-order valence-corrected chi connectivity index (χ3v) is 3.87. The minimum absolute atomic E-state index is 0.421. The Kier molecular flexibility index (Phi) is 3.43. The molecule has 0 saturated heterocycles. The van der Waals surface area contributed by atoms with Crippen LogP contribution in [0.4, 0.5) is 5.69 Å². The van der Waals surface area contributed by atoms with E-state index >= 15 is 0 Å². The topological polar surface area (TPSA) is 15.3 Å². The maximum absolute atomic E-state index is 3.31. The zero-order valence-electron chi connectivity index (χ0n) is 11.6. The van der Waals surface area contributed by atoms with Gasteiger partial charge < -0.3 is 10.2 Å². The molecule has 1 aliphatic heterocycles. The lowest BCUT2D eigenvalue weighted by molar-refractivity contribution is 0.604. The number of hydrogen-bond acceptors (Lipinski definition) is 2. The Balaban J connectivity index is 2.38. The molecule has 1 aromatic carbocycles.